The monoisotopic (exact) mass is 498 g/mol. The van der Waals surface area contributed by atoms with E-state index in [2.05, 4.69) is 0 Å². The van der Waals surface area contributed by atoms with Crippen molar-refractivity contribution in [2.45, 2.75) is 83.1 Å². The van der Waals surface area contributed by atoms with Crippen molar-refractivity contribution in [3.05, 3.63) is 28.8 Å². The van der Waals surface area contributed by atoms with Crippen molar-refractivity contribution in [3.63, 3.8) is 0 Å². The minimum atomic E-state index is -3.55. The Balaban J connectivity index is 1.38. The van der Waals surface area contributed by atoms with E-state index in [4.69, 9.17) is 16.3 Å². The lowest BCUT2D eigenvalue weighted by Crippen LogP contribution is -2.41. The standard InChI is InChI=1S/C25H39ClN2O4S/c1-19-7-5-10-22(26)23(19)33(30,31)28-17-13-21(14-18-28)9-6-8-20-11-15-27(16-12-20)24(29)32-25(2,3)4/h5,7,10,20-21H,6,8-9,11-18H2,1-4H3. The van der Waals surface area contributed by atoms with Crippen molar-refractivity contribution < 1.29 is 17.9 Å². The summed E-state index contributed by atoms with van der Waals surface area (Å²) in [6, 6.07) is 5.22. The quantitative estimate of drug-likeness (QED) is 0.492. The predicted octanol–water partition coefficient (Wildman–Crippen LogP) is 5.87. The lowest BCUT2D eigenvalue weighted by molar-refractivity contribution is 0.0180. The number of likely N-dealkylation sites (tertiary alicyclic amines) is 1. The number of carbonyl (C=O) groups excluding carboxylic acids is 1. The molecule has 2 aliphatic heterocycles. The van der Waals surface area contributed by atoms with Crippen LogP contribution in [-0.2, 0) is 14.8 Å². The molecule has 2 aliphatic rings. The van der Waals surface area contributed by atoms with Gasteiger partial charge in [0.05, 0.1) is 5.02 Å². The van der Waals surface area contributed by atoms with Crippen LogP contribution in [-0.4, -0.2) is 55.5 Å². The maximum absolute atomic E-state index is 13.1. The molecule has 186 valence electrons. The molecule has 0 radical (unpaired) electrons. The molecule has 2 heterocycles. The summed E-state index contributed by atoms with van der Waals surface area (Å²) in [5.74, 6) is 1.23. The molecule has 2 fully saturated rings. The van der Waals surface area contributed by atoms with Gasteiger partial charge in [-0.05, 0) is 76.8 Å². The summed E-state index contributed by atoms with van der Waals surface area (Å²) in [5.41, 5.74) is 0.247. The van der Waals surface area contributed by atoms with Crippen LogP contribution in [0.15, 0.2) is 23.1 Å². The number of halogens is 1. The molecule has 0 atom stereocenters. The predicted molar refractivity (Wildman–Crippen MR) is 132 cm³/mol. The topological polar surface area (TPSA) is 66.9 Å². The summed E-state index contributed by atoms with van der Waals surface area (Å²) < 4.78 is 33.3. The third-order valence-electron chi connectivity index (χ3n) is 6.83. The van der Waals surface area contributed by atoms with Crippen LogP contribution in [0.5, 0.6) is 0 Å². The third-order valence-corrected chi connectivity index (χ3v) is 9.36. The normalized spacial score (nSPS) is 19.6. The minimum Gasteiger partial charge on any atom is -0.444 e. The van der Waals surface area contributed by atoms with Crippen molar-refractivity contribution in [1.82, 2.24) is 9.21 Å². The Morgan fingerprint density at radius 2 is 1.58 bits per heavy atom. The molecule has 0 unspecified atom stereocenters. The molecule has 0 N–H and O–H groups in total. The Labute approximate surface area is 204 Å². The van der Waals surface area contributed by atoms with Crippen LogP contribution >= 0.6 is 11.6 Å². The molecule has 0 aliphatic carbocycles. The van der Waals surface area contributed by atoms with E-state index in [1.165, 1.54) is 6.42 Å². The fourth-order valence-electron chi connectivity index (χ4n) is 4.94. The van der Waals surface area contributed by atoms with Gasteiger partial charge in [0.1, 0.15) is 10.5 Å². The van der Waals surface area contributed by atoms with Crippen LogP contribution in [0.3, 0.4) is 0 Å². The second-order valence-corrected chi connectivity index (χ2v) is 12.9. The fraction of sp³-hybridized carbons (Fsp3) is 0.720. The van der Waals surface area contributed by atoms with Crippen LogP contribution in [0.1, 0.15) is 71.3 Å². The van der Waals surface area contributed by atoms with Gasteiger partial charge < -0.3 is 9.64 Å². The number of hydrogen-bond donors (Lipinski definition) is 0. The van der Waals surface area contributed by atoms with E-state index < -0.39 is 15.6 Å². The number of rotatable bonds is 6. The fourth-order valence-corrected chi connectivity index (χ4v) is 7.19. The maximum atomic E-state index is 13.1. The molecule has 1 aromatic carbocycles. The molecule has 1 aromatic rings. The lowest BCUT2D eigenvalue weighted by Gasteiger charge is -2.34. The van der Waals surface area contributed by atoms with E-state index in [0.29, 0.717) is 35.5 Å². The average Bonchev–Trinajstić information content (AvgIpc) is 2.73. The van der Waals surface area contributed by atoms with Crippen molar-refractivity contribution in [1.29, 1.82) is 0 Å². The Hall–Kier alpha value is -1.31. The number of nitrogens with zero attached hydrogens (tertiary/aromatic N) is 2. The Bertz CT molecular complexity index is 893. The second kappa shape index (κ2) is 11.0. The van der Waals surface area contributed by atoms with E-state index in [9.17, 15) is 13.2 Å². The van der Waals surface area contributed by atoms with Gasteiger partial charge in [0.2, 0.25) is 10.0 Å². The van der Waals surface area contributed by atoms with Gasteiger partial charge in [0, 0.05) is 26.2 Å². The smallest absolute Gasteiger partial charge is 0.410 e. The molecule has 8 heteroatoms. The van der Waals surface area contributed by atoms with Crippen LogP contribution in [0.25, 0.3) is 0 Å². The van der Waals surface area contributed by atoms with Gasteiger partial charge in [-0.1, -0.05) is 43.0 Å². The van der Waals surface area contributed by atoms with Gasteiger partial charge in [-0.2, -0.15) is 4.31 Å². The van der Waals surface area contributed by atoms with E-state index >= 15 is 0 Å². The number of benzene rings is 1. The largest absolute Gasteiger partial charge is 0.444 e. The van der Waals surface area contributed by atoms with Crippen molar-refractivity contribution in [2.75, 3.05) is 26.2 Å². The molecule has 2 saturated heterocycles. The second-order valence-electron chi connectivity index (χ2n) is 10.6. The summed E-state index contributed by atoms with van der Waals surface area (Å²) in [6.45, 7) is 10.2. The molecular weight excluding hydrogens is 460 g/mol. The van der Waals surface area contributed by atoms with E-state index in [-0.39, 0.29) is 11.0 Å². The molecule has 6 nitrogen and oxygen atoms in total. The Kier molecular flexibility index (Phi) is 8.73. The first-order valence-corrected chi connectivity index (χ1v) is 14.0. The van der Waals surface area contributed by atoms with Crippen molar-refractivity contribution >= 4 is 27.7 Å². The number of amides is 1. The molecule has 0 spiro atoms. The van der Waals surface area contributed by atoms with Crippen LogP contribution in [0, 0.1) is 18.8 Å². The highest BCUT2D eigenvalue weighted by molar-refractivity contribution is 7.89. The van der Waals surface area contributed by atoms with Crippen LogP contribution in [0.2, 0.25) is 5.02 Å². The first kappa shape index (κ1) is 26.3. The third kappa shape index (κ3) is 7.09. The van der Waals surface area contributed by atoms with E-state index in [1.54, 1.807) is 29.4 Å². The highest BCUT2D eigenvalue weighted by atomic mass is 35.5. The van der Waals surface area contributed by atoms with Crippen molar-refractivity contribution in [2.24, 2.45) is 11.8 Å². The van der Waals surface area contributed by atoms with Gasteiger partial charge in [-0.25, -0.2) is 13.2 Å². The summed E-state index contributed by atoms with van der Waals surface area (Å²) >= 11 is 6.22. The molecule has 0 bridgehead atoms. The Morgan fingerprint density at radius 1 is 1.03 bits per heavy atom. The van der Waals surface area contributed by atoms with E-state index in [1.807, 2.05) is 25.7 Å². The lowest BCUT2D eigenvalue weighted by atomic mass is 9.87. The van der Waals surface area contributed by atoms with Gasteiger partial charge in [0.25, 0.3) is 0 Å². The zero-order valence-corrected chi connectivity index (χ0v) is 22.1. The summed E-state index contributed by atoms with van der Waals surface area (Å²) in [4.78, 5) is 14.3. The SMILES string of the molecule is Cc1cccc(Cl)c1S(=O)(=O)N1CCC(CCCC2CCN(C(=O)OC(C)(C)C)CC2)CC1. The Morgan fingerprint density at radius 3 is 2.09 bits per heavy atom. The molecule has 3 rings (SSSR count). The molecular formula is C25H39ClN2O4S. The number of sulfonamides is 1. The molecule has 0 saturated carbocycles. The first-order chi connectivity index (χ1) is 15.5. The number of ether oxygens (including phenoxy) is 1. The summed E-state index contributed by atoms with van der Waals surface area (Å²) in [5, 5.41) is 0.301. The minimum absolute atomic E-state index is 0.199. The average molecular weight is 499 g/mol. The number of carbonyl (C=O) groups is 1. The maximum Gasteiger partial charge on any atom is 0.410 e. The van der Waals surface area contributed by atoms with Crippen LogP contribution in [0.4, 0.5) is 4.79 Å². The van der Waals surface area contributed by atoms with Gasteiger partial charge in [-0.15, -0.1) is 0 Å². The number of hydrogen-bond acceptors (Lipinski definition) is 4. The zero-order chi connectivity index (χ0) is 24.2. The number of piperidine rings is 2. The number of aryl methyl sites for hydroxylation is 1. The van der Waals surface area contributed by atoms with Gasteiger partial charge in [-0.3, -0.25) is 0 Å². The zero-order valence-electron chi connectivity index (χ0n) is 20.5. The highest BCUT2D eigenvalue weighted by Crippen LogP contribution is 2.32. The van der Waals surface area contributed by atoms with Crippen molar-refractivity contribution in [3.8, 4) is 0 Å². The molecule has 1 amide bonds. The molecule has 0 aromatic heterocycles. The van der Waals surface area contributed by atoms with Crippen LogP contribution < -0.4 is 0 Å². The summed E-state index contributed by atoms with van der Waals surface area (Å²) in [7, 11) is -3.55. The van der Waals surface area contributed by atoms with Gasteiger partial charge in [0.15, 0.2) is 0 Å². The summed E-state index contributed by atoms with van der Waals surface area (Å²) in [6.07, 6.45) is 7.16. The molecule has 33 heavy (non-hydrogen) atoms. The highest BCUT2D eigenvalue weighted by Gasteiger charge is 2.32. The van der Waals surface area contributed by atoms with Gasteiger partial charge >= 0.3 is 6.09 Å². The first-order valence-electron chi connectivity index (χ1n) is 12.2. The van der Waals surface area contributed by atoms with E-state index in [0.717, 1.165) is 51.6 Å².